The van der Waals surface area contributed by atoms with Gasteiger partial charge in [-0.15, -0.1) is 11.3 Å². The van der Waals surface area contributed by atoms with Gasteiger partial charge in [-0.2, -0.15) is 0 Å². The molecule has 1 aromatic heterocycles. The van der Waals surface area contributed by atoms with Crippen molar-refractivity contribution in [2.75, 3.05) is 13.2 Å². The van der Waals surface area contributed by atoms with Gasteiger partial charge < -0.3 is 4.74 Å². The number of rotatable bonds is 11. The third-order valence-corrected chi connectivity index (χ3v) is 3.79. The van der Waals surface area contributed by atoms with Crippen LogP contribution in [0.3, 0.4) is 0 Å². The summed E-state index contributed by atoms with van der Waals surface area (Å²) in [5, 5.41) is 1.94. The van der Waals surface area contributed by atoms with Crippen LogP contribution < -0.4 is 0 Å². The van der Waals surface area contributed by atoms with Gasteiger partial charge in [0.15, 0.2) is 5.78 Å². The van der Waals surface area contributed by atoms with E-state index in [1.807, 2.05) is 17.5 Å². The predicted octanol–water partition coefficient (Wildman–Crippen LogP) is 4.70. The van der Waals surface area contributed by atoms with Crippen LogP contribution in [0, 0.1) is 0 Å². The number of thiophene rings is 1. The first-order valence-electron chi connectivity index (χ1n) is 6.99. The highest BCUT2D eigenvalue weighted by atomic mass is 32.1. The second kappa shape index (κ2) is 10.3. The number of hydrogen-bond donors (Lipinski definition) is 0. The fourth-order valence-corrected chi connectivity index (χ4v) is 2.50. The van der Waals surface area contributed by atoms with Gasteiger partial charge in [-0.3, -0.25) is 4.79 Å². The summed E-state index contributed by atoms with van der Waals surface area (Å²) < 4.78 is 5.53. The van der Waals surface area contributed by atoms with Gasteiger partial charge in [0.1, 0.15) is 0 Å². The van der Waals surface area contributed by atoms with Crippen molar-refractivity contribution in [1.29, 1.82) is 0 Å². The first kappa shape index (κ1) is 15.4. The fraction of sp³-hybridized carbons (Fsp3) is 0.667. The third-order valence-electron chi connectivity index (χ3n) is 2.88. The standard InChI is InChI=1S/C15H24O2S/c1-2-3-4-5-6-11-17-12-7-9-14(16)15-10-8-13-18-15/h8,10,13H,2-7,9,11-12H2,1H3. The molecule has 0 saturated carbocycles. The van der Waals surface area contributed by atoms with E-state index >= 15 is 0 Å². The Bertz CT molecular complexity index is 306. The van der Waals surface area contributed by atoms with Crippen molar-refractivity contribution in [2.45, 2.75) is 51.9 Å². The van der Waals surface area contributed by atoms with Gasteiger partial charge in [-0.1, -0.05) is 38.7 Å². The maximum atomic E-state index is 11.7. The Kier molecular flexibility index (Phi) is 8.78. The van der Waals surface area contributed by atoms with Crippen molar-refractivity contribution in [3.63, 3.8) is 0 Å². The number of ether oxygens (including phenoxy) is 1. The molecule has 0 aliphatic rings. The molecule has 1 rings (SSSR count). The zero-order valence-corrected chi connectivity index (χ0v) is 12.1. The zero-order valence-electron chi connectivity index (χ0n) is 11.3. The van der Waals surface area contributed by atoms with Crippen LogP contribution >= 0.6 is 11.3 Å². The van der Waals surface area contributed by atoms with E-state index in [4.69, 9.17) is 4.74 Å². The molecule has 0 saturated heterocycles. The zero-order chi connectivity index (χ0) is 13.1. The highest BCUT2D eigenvalue weighted by Gasteiger charge is 2.05. The molecular formula is C15H24O2S. The van der Waals surface area contributed by atoms with Gasteiger partial charge >= 0.3 is 0 Å². The van der Waals surface area contributed by atoms with E-state index in [1.54, 1.807) is 0 Å². The Labute approximate surface area is 114 Å². The van der Waals surface area contributed by atoms with Crippen LogP contribution in [0.4, 0.5) is 0 Å². The van der Waals surface area contributed by atoms with Gasteiger partial charge in [0.05, 0.1) is 4.88 Å². The molecule has 102 valence electrons. The molecule has 0 aliphatic heterocycles. The first-order chi connectivity index (χ1) is 8.84. The van der Waals surface area contributed by atoms with Gasteiger partial charge in [0, 0.05) is 19.6 Å². The highest BCUT2D eigenvalue weighted by Crippen LogP contribution is 2.12. The van der Waals surface area contributed by atoms with Crippen molar-refractivity contribution in [2.24, 2.45) is 0 Å². The molecule has 1 aromatic rings. The molecule has 0 bridgehead atoms. The molecule has 2 nitrogen and oxygen atoms in total. The smallest absolute Gasteiger partial charge is 0.172 e. The fourth-order valence-electron chi connectivity index (χ4n) is 1.80. The summed E-state index contributed by atoms with van der Waals surface area (Å²) in [6.07, 6.45) is 7.79. The maximum absolute atomic E-state index is 11.7. The van der Waals surface area contributed by atoms with E-state index in [2.05, 4.69) is 6.92 Å². The van der Waals surface area contributed by atoms with Crippen LogP contribution in [0.1, 0.15) is 61.5 Å². The molecule has 0 atom stereocenters. The van der Waals surface area contributed by atoms with Gasteiger partial charge in [-0.25, -0.2) is 0 Å². The molecule has 18 heavy (non-hydrogen) atoms. The van der Waals surface area contributed by atoms with Crippen LogP contribution in [0.25, 0.3) is 0 Å². The first-order valence-corrected chi connectivity index (χ1v) is 7.87. The van der Waals surface area contributed by atoms with Crippen molar-refractivity contribution >= 4 is 17.1 Å². The summed E-state index contributed by atoms with van der Waals surface area (Å²) in [5.41, 5.74) is 0. The second-order valence-electron chi connectivity index (χ2n) is 4.53. The van der Waals surface area contributed by atoms with E-state index in [-0.39, 0.29) is 5.78 Å². The van der Waals surface area contributed by atoms with Crippen LogP contribution in [0.5, 0.6) is 0 Å². The third kappa shape index (κ3) is 6.92. The molecule has 0 fully saturated rings. The maximum Gasteiger partial charge on any atom is 0.172 e. The number of carbonyl (C=O) groups is 1. The number of ketones is 1. The quantitative estimate of drug-likeness (QED) is 0.429. The monoisotopic (exact) mass is 268 g/mol. The summed E-state index contributed by atoms with van der Waals surface area (Å²) in [4.78, 5) is 12.5. The molecule has 0 spiro atoms. The minimum atomic E-state index is 0.247. The lowest BCUT2D eigenvalue weighted by atomic mass is 10.2. The van der Waals surface area contributed by atoms with Crippen LogP contribution in [-0.4, -0.2) is 19.0 Å². The Morgan fingerprint density at radius 2 is 1.94 bits per heavy atom. The Morgan fingerprint density at radius 3 is 2.67 bits per heavy atom. The minimum Gasteiger partial charge on any atom is -0.381 e. The lowest BCUT2D eigenvalue weighted by Gasteiger charge is -2.03. The number of carbonyl (C=O) groups excluding carboxylic acids is 1. The molecule has 0 aliphatic carbocycles. The summed E-state index contributed by atoms with van der Waals surface area (Å²) in [6, 6.07) is 3.81. The second-order valence-corrected chi connectivity index (χ2v) is 5.48. The molecule has 0 unspecified atom stereocenters. The Morgan fingerprint density at radius 1 is 1.17 bits per heavy atom. The normalized spacial score (nSPS) is 10.7. The van der Waals surface area contributed by atoms with Gasteiger partial charge in [0.2, 0.25) is 0 Å². The average Bonchev–Trinajstić information content (AvgIpc) is 2.90. The molecule has 0 radical (unpaired) electrons. The predicted molar refractivity (Wildman–Crippen MR) is 77.5 cm³/mol. The van der Waals surface area contributed by atoms with Crippen molar-refractivity contribution in [3.8, 4) is 0 Å². The Hall–Kier alpha value is -0.670. The lowest BCUT2D eigenvalue weighted by molar-refractivity contribution is 0.0937. The summed E-state index contributed by atoms with van der Waals surface area (Å²) in [7, 11) is 0. The van der Waals surface area contributed by atoms with Gasteiger partial charge in [-0.05, 0) is 24.3 Å². The number of hydrogen-bond acceptors (Lipinski definition) is 3. The van der Waals surface area contributed by atoms with Crippen LogP contribution in [-0.2, 0) is 4.74 Å². The van der Waals surface area contributed by atoms with E-state index in [1.165, 1.54) is 37.0 Å². The molecule has 0 aromatic carbocycles. The number of Topliss-reactive ketones (excluding diaryl/α,β-unsaturated/α-hetero) is 1. The summed E-state index contributed by atoms with van der Waals surface area (Å²) in [5.74, 6) is 0.247. The van der Waals surface area contributed by atoms with E-state index in [9.17, 15) is 4.79 Å². The largest absolute Gasteiger partial charge is 0.381 e. The molecule has 1 heterocycles. The minimum absolute atomic E-state index is 0.247. The topological polar surface area (TPSA) is 26.3 Å². The highest BCUT2D eigenvalue weighted by molar-refractivity contribution is 7.12. The average molecular weight is 268 g/mol. The molecule has 3 heteroatoms. The summed E-state index contributed by atoms with van der Waals surface area (Å²) in [6.45, 7) is 3.78. The SMILES string of the molecule is CCCCCCCOCCCC(=O)c1cccs1. The Balaban J connectivity index is 1.88. The van der Waals surface area contributed by atoms with Crippen molar-refractivity contribution < 1.29 is 9.53 Å². The van der Waals surface area contributed by atoms with Crippen LogP contribution in [0.2, 0.25) is 0 Å². The van der Waals surface area contributed by atoms with E-state index in [0.717, 1.165) is 24.3 Å². The molecule has 0 amide bonds. The molecular weight excluding hydrogens is 244 g/mol. The number of unbranched alkanes of at least 4 members (excludes halogenated alkanes) is 4. The van der Waals surface area contributed by atoms with Crippen molar-refractivity contribution in [3.05, 3.63) is 22.4 Å². The van der Waals surface area contributed by atoms with Crippen LogP contribution in [0.15, 0.2) is 17.5 Å². The summed E-state index contributed by atoms with van der Waals surface area (Å²) >= 11 is 1.52. The van der Waals surface area contributed by atoms with Gasteiger partial charge in [0.25, 0.3) is 0 Å². The van der Waals surface area contributed by atoms with E-state index in [0.29, 0.717) is 13.0 Å². The van der Waals surface area contributed by atoms with E-state index < -0.39 is 0 Å². The molecule has 0 N–H and O–H groups in total. The van der Waals surface area contributed by atoms with Crippen molar-refractivity contribution in [1.82, 2.24) is 0 Å². The lowest BCUT2D eigenvalue weighted by Crippen LogP contribution is -2.01.